The highest BCUT2D eigenvalue weighted by Gasteiger charge is 2.13. The molecule has 6 heteroatoms. The van der Waals surface area contributed by atoms with Crippen molar-refractivity contribution in [2.24, 2.45) is 0 Å². The number of imidazole rings is 1. The lowest BCUT2D eigenvalue weighted by atomic mass is 10.2. The topological polar surface area (TPSA) is 81.2 Å². The van der Waals surface area contributed by atoms with Crippen LogP contribution in [0.4, 0.5) is 5.69 Å². The molecule has 0 radical (unpaired) electrons. The molecule has 0 aliphatic heterocycles. The number of aliphatic hydroxyl groups excluding tert-OH is 1. The summed E-state index contributed by atoms with van der Waals surface area (Å²) in [5.74, 6) is 0.447. The van der Waals surface area contributed by atoms with Gasteiger partial charge in [-0.2, -0.15) is 0 Å². The van der Waals surface area contributed by atoms with Crippen molar-refractivity contribution < 1.29 is 10.0 Å². The van der Waals surface area contributed by atoms with E-state index >= 15 is 0 Å². The first-order valence-corrected chi connectivity index (χ1v) is 5.02. The molecular formula is C11H11N3O3. The summed E-state index contributed by atoms with van der Waals surface area (Å²) in [6, 6.07) is 4.90. The average molecular weight is 233 g/mol. The number of benzene rings is 1. The van der Waals surface area contributed by atoms with Crippen molar-refractivity contribution in [1.29, 1.82) is 0 Å². The number of nitro benzene ring substituents is 1. The molecule has 0 amide bonds. The Bertz CT molecular complexity index is 563. The minimum absolute atomic E-state index is 0.0556. The number of aryl methyl sites for hydroxylation is 1. The van der Waals surface area contributed by atoms with Gasteiger partial charge in [-0.1, -0.05) is 6.07 Å². The number of nitro groups is 1. The highest BCUT2D eigenvalue weighted by molar-refractivity contribution is 5.49. The molecule has 0 saturated heterocycles. The third-order valence-corrected chi connectivity index (χ3v) is 2.53. The fourth-order valence-corrected chi connectivity index (χ4v) is 1.63. The monoisotopic (exact) mass is 233 g/mol. The average Bonchev–Trinajstić information content (AvgIpc) is 2.77. The zero-order valence-electron chi connectivity index (χ0n) is 9.20. The maximum atomic E-state index is 10.8. The molecule has 88 valence electrons. The van der Waals surface area contributed by atoms with E-state index in [1.165, 1.54) is 12.3 Å². The largest absolute Gasteiger partial charge is 0.388 e. The van der Waals surface area contributed by atoms with Crippen LogP contribution in [0.5, 0.6) is 0 Å². The molecular weight excluding hydrogens is 222 g/mol. The standard InChI is InChI=1S/C11H11N3O3/c1-8-2-3-9(6-10(8)14(16)17)13-5-4-12-11(13)7-15/h2-6,15H,7H2,1H3. The Kier molecular flexibility index (Phi) is 2.88. The first-order valence-electron chi connectivity index (χ1n) is 5.02. The number of rotatable bonds is 3. The van der Waals surface area contributed by atoms with Crippen LogP contribution in [-0.4, -0.2) is 19.6 Å². The summed E-state index contributed by atoms with van der Waals surface area (Å²) < 4.78 is 1.62. The molecule has 2 rings (SSSR count). The molecule has 2 aromatic rings. The Morgan fingerprint density at radius 1 is 1.53 bits per heavy atom. The molecule has 1 aromatic heterocycles. The van der Waals surface area contributed by atoms with Crippen molar-refractivity contribution in [3.05, 3.63) is 52.1 Å². The molecule has 0 aliphatic carbocycles. The normalized spacial score (nSPS) is 10.5. The number of aromatic nitrogens is 2. The second-order valence-corrected chi connectivity index (χ2v) is 3.60. The van der Waals surface area contributed by atoms with Gasteiger partial charge < -0.3 is 9.67 Å². The van der Waals surface area contributed by atoms with Crippen molar-refractivity contribution in [2.75, 3.05) is 0 Å². The summed E-state index contributed by atoms with van der Waals surface area (Å²) in [4.78, 5) is 14.4. The molecule has 0 unspecified atom stereocenters. The summed E-state index contributed by atoms with van der Waals surface area (Å²) in [5, 5.41) is 19.9. The summed E-state index contributed by atoms with van der Waals surface area (Å²) >= 11 is 0. The van der Waals surface area contributed by atoms with E-state index in [0.29, 0.717) is 17.1 Å². The van der Waals surface area contributed by atoms with Gasteiger partial charge >= 0.3 is 0 Å². The van der Waals surface area contributed by atoms with E-state index < -0.39 is 4.92 Å². The van der Waals surface area contributed by atoms with E-state index in [1.807, 2.05) is 0 Å². The van der Waals surface area contributed by atoms with Crippen molar-refractivity contribution in [1.82, 2.24) is 9.55 Å². The highest BCUT2D eigenvalue weighted by Crippen LogP contribution is 2.22. The van der Waals surface area contributed by atoms with Crippen LogP contribution in [0.1, 0.15) is 11.4 Å². The third kappa shape index (κ3) is 2.02. The molecule has 0 atom stereocenters. The van der Waals surface area contributed by atoms with Gasteiger partial charge in [-0.15, -0.1) is 0 Å². The predicted octanol–water partition coefficient (Wildman–Crippen LogP) is 1.58. The predicted molar refractivity (Wildman–Crippen MR) is 60.9 cm³/mol. The fraction of sp³-hybridized carbons (Fsp3) is 0.182. The molecule has 1 aromatic carbocycles. The molecule has 1 N–H and O–H groups in total. The summed E-state index contributed by atoms with van der Waals surface area (Å²) in [6.07, 6.45) is 3.19. The van der Waals surface area contributed by atoms with Crippen LogP contribution < -0.4 is 0 Å². The van der Waals surface area contributed by atoms with Gasteiger partial charge in [-0.25, -0.2) is 4.98 Å². The Morgan fingerprint density at radius 3 is 2.94 bits per heavy atom. The SMILES string of the molecule is Cc1ccc(-n2ccnc2CO)cc1[N+](=O)[O-]. The van der Waals surface area contributed by atoms with Gasteiger partial charge in [0.05, 0.1) is 10.6 Å². The zero-order chi connectivity index (χ0) is 12.4. The smallest absolute Gasteiger partial charge is 0.274 e. The molecule has 0 spiro atoms. The van der Waals surface area contributed by atoms with E-state index in [-0.39, 0.29) is 12.3 Å². The van der Waals surface area contributed by atoms with E-state index in [4.69, 9.17) is 5.11 Å². The first-order chi connectivity index (χ1) is 8.13. The highest BCUT2D eigenvalue weighted by atomic mass is 16.6. The van der Waals surface area contributed by atoms with E-state index in [2.05, 4.69) is 4.98 Å². The fourth-order valence-electron chi connectivity index (χ4n) is 1.63. The van der Waals surface area contributed by atoms with Crippen LogP contribution in [0.15, 0.2) is 30.6 Å². The zero-order valence-corrected chi connectivity index (χ0v) is 9.20. The van der Waals surface area contributed by atoms with Crippen LogP contribution in [0.3, 0.4) is 0 Å². The number of hydrogen-bond donors (Lipinski definition) is 1. The minimum Gasteiger partial charge on any atom is -0.388 e. The summed E-state index contributed by atoms with van der Waals surface area (Å²) in [5.41, 5.74) is 1.27. The molecule has 17 heavy (non-hydrogen) atoms. The lowest BCUT2D eigenvalue weighted by molar-refractivity contribution is -0.385. The van der Waals surface area contributed by atoms with Gasteiger partial charge in [-0.3, -0.25) is 10.1 Å². The number of nitrogens with zero attached hydrogens (tertiary/aromatic N) is 3. The second kappa shape index (κ2) is 4.34. The maximum absolute atomic E-state index is 10.8. The Morgan fingerprint density at radius 2 is 2.29 bits per heavy atom. The number of aliphatic hydroxyl groups is 1. The molecule has 0 aliphatic rings. The van der Waals surface area contributed by atoms with Crippen LogP contribution in [0.2, 0.25) is 0 Å². The first kappa shape index (κ1) is 11.3. The van der Waals surface area contributed by atoms with Crippen LogP contribution in [-0.2, 0) is 6.61 Å². The van der Waals surface area contributed by atoms with Crippen LogP contribution in [0, 0.1) is 17.0 Å². The van der Waals surface area contributed by atoms with Crippen LogP contribution in [0.25, 0.3) is 5.69 Å². The quantitative estimate of drug-likeness (QED) is 0.644. The minimum atomic E-state index is -0.422. The van der Waals surface area contributed by atoms with Gasteiger partial charge in [0.1, 0.15) is 12.4 Å². The van der Waals surface area contributed by atoms with Crippen LogP contribution >= 0.6 is 0 Å². The lowest BCUT2D eigenvalue weighted by Crippen LogP contribution is -2.01. The van der Waals surface area contributed by atoms with Gasteiger partial charge in [0.15, 0.2) is 0 Å². The van der Waals surface area contributed by atoms with Crippen molar-refractivity contribution >= 4 is 5.69 Å². The summed E-state index contributed by atoms with van der Waals surface area (Å²) in [6.45, 7) is 1.47. The lowest BCUT2D eigenvalue weighted by Gasteiger charge is -2.06. The van der Waals surface area contributed by atoms with Gasteiger partial charge in [-0.05, 0) is 13.0 Å². The Balaban J connectivity index is 2.54. The summed E-state index contributed by atoms with van der Waals surface area (Å²) in [7, 11) is 0. The molecule has 0 saturated carbocycles. The Labute approximate surface area is 97.3 Å². The Hall–Kier alpha value is -2.21. The van der Waals surface area contributed by atoms with Gasteiger partial charge in [0.25, 0.3) is 5.69 Å². The van der Waals surface area contributed by atoms with Crippen molar-refractivity contribution in [3.8, 4) is 5.69 Å². The van der Waals surface area contributed by atoms with E-state index in [9.17, 15) is 10.1 Å². The van der Waals surface area contributed by atoms with E-state index in [1.54, 1.807) is 29.8 Å². The second-order valence-electron chi connectivity index (χ2n) is 3.60. The third-order valence-electron chi connectivity index (χ3n) is 2.53. The van der Waals surface area contributed by atoms with E-state index in [0.717, 1.165) is 0 Å². The molecule has 6 nitrogen and oxygen atoms in total. The maximum Gasteiger partial charge on any atom is 0.274 e. The molecule has 0 fully saturated rings. The van der Waals surface area contributed by atoms with Crippen molar-refractivity contribution in [2.45, 2.75) is 13.5 Å². The van der Waals surface area contributed by atoms with Crippen molar-refractivity contribution in [3.63, 3.8) is 0 Å². The van der Waals surface area contributed by atoms with Gasteiger partial charge in [0.2, 0.25) is 0 Å². The number of hydrogen-bond acceptors (Lipinski definition) is 4. The molecule has 1 heterocycles. The molecule has 0 bridgehead atoms. The van der Waals surface area contributed by atoms with Gasteiger partial charge in [0, 0.05) is 24.0 Å².